The lowest BCUT2D eigenvalue weighted by Gasteiger charge is -2.20. The van der Waals surface area contributed by atoms with E-state index in [1.807, 2.05) is 0 Å². The van der Waals surface area contributed by atoms with Crippen LogP contribution in [-0.2, 0) is 0 Å². The van der Waals surface area contributed by atoms with E-state index >= 15 is 0 Å². The van der Waals surface area contributed by atoms with Crippen molar-refractivity contribution in [3.8, 4) is 0 Å². The van der Waals surface area contributed by atoms with Crippen LogP contribution in [0.4, 0.5) is 0 Å². The maximum atomic E-state index is 7.16. The summed E-state index contributed by atoms with van der Waals surface area (Å²) in [7, 11) is -2.58. The lowest BCUT2D eigenvalue weighted by Crippen LogP contribution is -2.19. The molecule has 0 radical (unpaired) electrons. The Bertz CT molecular complexity index is 982. The topological polar surface area (TPSA) is 0 Å². The first-order valence-corrected chi connectivity index (χ1v) is 19.6. The predicted octanol–water partition coefficient (Wildman–Crippen LogP) is 9.55. The molecule has 2 aliphatic rings. The van der Waals surface area contributed by atoms with Gasteiger partial charge in [-0.2, -0.15) is 0 Å². The van der Waals surface area contributed by atoms with Crippen LogP contribution < -0.4 is 0 Å². The second kappa shape index (κ2) is 8.37. The van der Waals surface area contributed by atoms with E-state index in [-0.39, 0.29) is 11.8 Å². The van der Waals surface area contributed by atoms with Crippen LogP contribution in [0.5, 0.6) is 0 Å². The van der Waals surface area contributed by atoms with Gasteiger partial charge in [-0.25, -0.2) is 0 Å². The molecule has 0 nitrogen and oxygen atoms in total. The molecule has 2 aliphatic carbocycles. The van der Waals surface area contributed by atoms with E-state index in [2.05, 4.69) is 87.8 Å². The third-order valence-electron chi connectivity index (χ3n) is 6.40. The Morgan fingerprint density at radius 2 is 0.968 bits per heavy atom. The van der Waals surface area contributed by atoms with E-state index in [1.165, 1.54) is 33.4 Å². The van der Waals surface area contributed by atoms with Crippen LogP contribution in [0.15, 0.2) is 58.6 Å². The summed E-state index contributed by atoms with van der Waals surface area (Å²) in [6.07, 6.45) is 0.954. The van der Waals surface area contributed by atoms with E-state index in [9.17, 15) is 0 Å². The second-order valence-electron chi connectivity index (χ2n) is 11.6. The molecular weight excluding hydrogens is 451 g/mol. The van der Waals surface area contributed by atoms with Crippen molar-refractivity contribution in [2.45, 2.75) is 69.6 Å². The van der Waals surface area contributed by atoms with Crippen LogP contribution in [0.2, 0.25) is 51.4 Å². The van der Waals surface area contributed by atoms with Crippen molar-refractivity contribution >= 4 is 50.5 Å². The van der Waals surface area contributed by atoms with Crippen LogP contribution in [0, 0.1) is 0 Å². The van der Waals surface area contributed by atoms with Gasteiger partial charge in [0.15, 0.2) is 0 Å². The molecule has 0 saturated heterocycles. The second-order valence-corrected chi connectivity index (χ2v) is 23.4. The molecule has 2 atom stereocenters. The molecule has 31 heavy (non-hydrogen) atoms. The summed E-state index contributed by atoms with van der Waals surface area (Å²) < 4.78 is 0. The van der Waals surface area contributed by atoms with Gasteiger partial charge in [0.1, 0.15) is 0 Å². The zero-order valence-corrected chi connectivity index (χ0v) is 23.2. The van der Waals surface area contributed by atoms with Crippen molar-refractivity contribution in [2.24, 2.45) is 0 Å². The summed E-state index contributed by atoms with van der Waals surface area (Å²) in [5.74, 6) is 0.476. The Morgan fingerprint density at radius 1 is 0.613 bits per heavy atom. The fraction of sp³-hybridized carbons (Fsp3) is 0.407. The fourth-order valence-electron chi connectivity index (χ4n) is 5.22. The zero-order valence-electron chi connectivity index (χ0n) is 19.7. The van der Waals surface area contributed by atoms with Crippen molar-refractivity contribution in [1.82, 2.24) is 0 Å². The number of hydrogen-bond acceptors (Lipinski definition) is 0. The molecule has 0 amide bonds. The minimum Gasteiger partial charge on any atom is -0.0882 e. The lowest BCUT2D eigenvalue weighted by atomic mass is 9.87. The smallest absolute Gasteiger partial charge is 0.0487 e. The van der Waals surface area contributed by atoms with Gasteiger partial charge in [-0.05, 0) is 51.9 Å². The molecule has 0 fully saturated rings. The predicted molar refractivity (Wildman–Crippen MR) is 145 cm³/mol. The molecule has 0 heterocycles. The largest absolute Gasteiger partial charge is 0.0882 e. The summed E-state index contributed by atoms with van der Waals surface area (Å²) in [6, 6.07) is 20.0. The summed E-state index contributed by atoms with van der Waals surface area (Å²) in [4.78, 5) is 0. The maximum absolute atomic E-state index is 7.16. The first kappa shape index (κ1) is 23.1. The molecule has 2 aromatic carbocycles. The van der Waals surface area contributed by atoms with E-state index < -0.39 is 16.1 Å². The number of benzene rings is 2. The molecule has 0 N–H and O–H groups in total. The SMILES string of the molecule is C[Si](C)(C)CC1=C(Cl)C(CC2C(Cl)=C(C[Si](C)(C)C)c3ccccc32)c2ccccc21. The monoisotopic (exact) mass is 484 g/mol. The molecule has 0 aliphatic heterocycles. The fourth-order valence-corrected chi connectivity index (χ4v) is 9.08. The number of rotatable bonds is 6. The normalized spacial score (nSPS) is 21.0. The summed E-state index contributed by atoms with van der Waals surface area (Å²) in [6.45, 7) is 14.6. The van der Waals surface area contributed by atoms with Crippen LogP contribution in [0.25, 0.3) is 11.1 Å². The molecule has 0 aromatic heterocycles. The molecule has 0 saturated carbocycles. The Morgan fingerprint density at radius 3 is 1.32 bits per heavy atom. The molecule has 0 bridgehead atoms. The molecular formula is C27H34Cl2Si2. The first-order chi connectivity index (χ1) is 14.5. The van der Waals surface area contributed by atoms with E-state index in [4.69, 9.17) is 23.2 Å². The van der Waals surface area contributed by atoms with Crippen LogP contribution in [-0.4, -0.2) is 16.1 Å². The van der Waals surface area contributed by atoms with Crippen molar-refractivity contribution in [3.05, 3.63) is 80.8 Å². The van der Waals surface area contributed by atoms with Gasteiger partial charge >= 0.3 is 0 Å². The summed E-state index contributed by atoms with van der Waals surface area (Å²) in [5.41, 5.74) is 8.29. The van der Waals surface area contributed by atoms with Gasteiger partial charge in [-0.15, -0.1) is 0 Å². The zero-order chi connectivity index (χ0) is 22.6. The van der Waals surface area contributed by atoms with E-state index in [0.29, 0.717) is 0 Å². The van der Waals surface area contributed by atoms with Gasteiger partial charge in [-0.1, -0.05) is 111 Å². The molecule has 2 unspecified atom stereocenters. The summed E-state index contributed by atoms with van der Waals surface area (Å²) >= 11 is 14.3. The third kappa shape index (κ3) is 4.68. The number of hydrogen-bond donors (Lipinski definition) is 0. The Hall–Kier alpha value is -1.07. The summed E-state index contributed by atoms with van der Waals surface area (Å²) in [5, 5.41) is 2.12. The average Bonchev–Trinajstić information content (AvgIpc) is 3.08. The van der Waals surface area contributed by atoms with Gasteiger partial charge in [0, 0.05) is 38.0 Å². The van der Waals surface area contributed by atoms with Crippen LogP contribution in [0.1, 0.15) is 40.5 Å². The highest BCUT2D eigenvalue weighted by molar-refractivity contribution is 6.78. The van der Waals surface area contributed by atoms with E-state index in [0.717, 1.165) is 28.6 Å². The Balaban J connectivity index is 1.75. The average molecular weight is 486 g/mol. The van der Waals surface area contributed by atoms with Crippen molar-refractivity contribution in [2.75, 3.05) is 0 Å². The molecule has 4 heteroatoms. The minimum atomic E-state index is -1.29. The number of allylic oxidation sites excluding steroid dienone is 4. The van der Waals surface area contributed by atoms with Gasteiger partial charge in [-0.3, -0.25) is 0 Å². The van der Waals surface area contributed by atoms with Crippen LogP contribution in [0.3, 0.4) is 0 Å². The van der Waals surface area contributed by atoms with Crippen molar-refractivity contribution < 1.29 is 0 Å². The quantitative estimate of drug-likeness (QED) is 0.357. The van der Waals surface area contributed by atoms with Gasteiger partial charge < -0.3 is 0 Å². The standard InChI is InChI=1S/C27H34Cl2Si2/c1-30(2,3)16-24-20-13-9-7-11-18(20)22(26(24)28)15-23-19-12-8-10-14-21(19)25(27(23)29)17-31(4,5)6/h7-14,22-23H,15-17H2,1-6H3. The number of fused-ring (bicyclic) bond motifs is 2. The Kier molecular flexibility index (Phi) is 6.24. The maximum Gasteiger partial charge on any atom is 0.0487 e. The van der Waals surface area contributed by atoms with Gasteiger partial charge in [0.2, 0.25) is 0 Å². The van der Waals surface area contributed by atoms with Crippen molar-refractivity contribution in [1.29, 1.82) is 0 Å². The first-order valence-electron chi connectivity index (χ1n) is 11.4. The molecule has 164 valence electrons. The molecule has 0 spiro atoms. The highest BCUT2D eigenvalue weighted by Crippen LogP contribution is 2.55. The molecule has 2 aromatic rings. The highest BCUT2D eigenvalue weighted by Gasteiger charge is 2.38. The minimum absolute atomic E-state index is 0.238. The van der Waals surface area contributed by atoms with Gasteiger partial charge in [0.25, 0.3) is 0 Å². The molecule has 4 rings (SSSR count). The Labute approximate surface area is 200 Å². The lowest BCUT2D eigenvalue weighted by molar-refractivity contribution is 0.672. The van der Waals surface area contributed by atoms with Crippen molar-refractivity contribution in [3.63, 3.8) is 0 Å². The van der Waals surface area contributed by atoms with Gasteiger partial charge in [0.05, 0.1) is 0 Å². The number of halogens is 2. The highest BCUT2D eigenvalue weighted by atomic mass is 35.5. The van der Waals surface area contributed by atoms with E-state index in [1.54, 1.807) is 0 Å². The van der Waals surface area contributed by atoms with Crippen LogP contribution >= 0.6 is 23.2 Å². The third-order valence-corrected chi connectivity index (χ3v) is 10.2.